The Morgan fingerprint density at radius 3 is 2.47 bits per heavy atom. The summed E-state index contributed by atoms with van der Waals surface area (Å²) >= 11 is 1.91. The second-order valence-corrected chi connectivity index (χ2v) is 6.61. The largest absolute Gasteiger partial charge is 0.309 e. The Morgan fingerprint density at radius 1 is 1.26 bits per heavy atom. The summed E-state index contributed by atoms with van der Waals surface area (Å²) in [4.78, 5) is 0. The van der Waals surface area contributed by atoms with Gasteiger partial charge >= 0.3 is 0 Å². The van der Waals surface area contributed by atoms with Crippen LogP contribution in [-0.2, 0) is 0 Å². The first-order valence-corrected chi connectivity index (χ1v) is 8.16. The summed E-state index contributed by atoms with van der Waals surface area (Å²) < 4.78 is 14.2. The molecule has 3 heteroatoms. The fourth-order valence-electron chi connectivity index (χ4n) is 2.24. The topological polar surface area (TPSA) is 12.0 Å². The van der Waals surface area contributed by atoms with Crippen molar-refractivity contribution in [3.63, 3.8) is 0 Å². The van der Waals surface area contributed by atoms with Crippen LogP contribution in [0.1, 0.15) is 49.9 Å². The number of halogens is 1. The van der Waals surface area contributed by atoms with E-state index in [1.54, 1.807) is 6.07 Å². The van der Waals surface area contributed by atoms with Crippen molar-refractivity contribution in [2.24, 2.45) is 0 Å². The highest BCUT2D eigenvalue weighted by molar-refractivity contribution is 7.99. The van der Waals surface area contributed by atoms with Gasteiger partial charge in [0.05, 0.1) is 0 Å². The molecule has 1 aromatic rings. The predicted molar refractivity (Wildman–Crippen MR) is 84.5 cm³/mol. The van der Waals surface area contributed by atoms with E-state index in [0.29, 0.717) is 5.25 Å². The fourth-order valence-corrected chi connectivity index (χ4v) is 3.28. The Hall–Kier alpha value is -0.540. The van der Waals surface area contributed by atoms with Crippen molar-refractivity contribution in [2.75, 3.05) is 12.3 Å². The Balaban J connectivity index is 2.92. The minimum Gasteiger partial charge on any atom is -0.309 e. The van der Waals surface area contributed by atoms with Crippen molar-refractivity contribution < 1.29 is 4.39 Å². The van der Waals surface area contributed by atoms with Gasteiger partial charge in [-0.25, -0.2) is 4.39 Å². The van der Waals surface area contributed by atoms with Gasteiger partial charge in [0, 0.05) is 22.6 Å². The third-order valence-corrected chi connectivity index (χ3v) is 4.83. The lowest BCUT2D eigenvalue weighted by Crippen LogP contribution is -2.25. The van der Waals surface area contributed by atoms with Crippen molar-refractivity contribution in [3.05, 3.63) is 34.6 Å². The molecule has 1 N–H and O–H groups in total. The number of aryl methyl sites for hydroxylation is 2. The van der Waals surface area contributed by atoms with E-state index in [-0.39, 0.29) is 11.9 Å². The highest BCUT2D eigenvalue weighted by atomic mass is 32.2. The zero-order chi connectivity index (χ0) is 14.4. The molecule has 0 amide bonds. The molecule has 0 aromatic heterocycles. The van der Waals surface area contributed by atoms with Gasteiger partial charge in [-0.3, -0.25) is 0 Å². The van der Waals surface area contributed by atoms with Crippen LogP contribution in [0.4, 0.5) is 4.39 Å². The van der Waals surface area contributed by atoms with Gasteiger partial charge in [-0.2, -0.15) is 11.8 Å². The van der Waals surface area contributed by atoms with Gasteiger partial charge in [-0.05, 0) is 44.0 Å². The monoisotopic (exact) mass is 283 g/mol. The smallest absolute Gasteiger partial charge is 0.128 e. The maximum absolute atomic E-state index is 14.2. The lowest BCUT2D eigenvalue weighted by molar-refractivity contribution is 0.541. The zero-order valence-corrected chi connectivity index (χ0v) is 13.5. The molecule has 0 heterocycles. The van der Waals surface area contributed by atoms with Crippen LogP contribution in [0, 0.1) is 19.7 Å². The number of rotatable bonds is 7. The summed E-state index contributed by atoms with van der Waals surface area (Å²) in [5.41, 5.74) is 2.88. The molecule has 0 spiro atoms. The molecular weight excluding hydrogens is 257 g/mol. The number of nitrogens with one attached hydrogen (secondary N) is 1. The van der Waals surface area contributed by atoms with Gasteiger partial charge in [0.15, 0.2) is 0 Å². The van der Waals surface area contributed by atoms with E-state index in [0.717, 1.165) is 35.4 Å². The first-order chi connectivity index (χ1) is 8.99. The molecular formula is C16H26FNS. The number of benzene rings is 1. The third-order valence-electron chi connectivity index (χ3n) is 3.40. The molecule has 0 aliphatic heterocycles. The van der Waals surface area contributed by atoms with E-state index >= 15 is 0 Å². The van der Waals surface area contributed by atoms with Crippen LogP contribution in [0.25, 0.3) is 0 Å². The Labute approximate surface area is 121 Å². The van der Waals surface area contributed by atoms with Crippen LogP contribution in [0.5, 0.6) is 0 Å². The highest BCUT2D eigenvalue weighted by Crippen LogP contribution is 2.27. The quantitative estimate of drug-likeness (QED) is 0.783. The molecule has 0 aliphatic carbocycles. The average molecular weight is 283 g/mol. The molecule has 1 nitrogen and oxygen atoms in total. The second kappa shape index (κ2) is 7.91. The normalized spacial score (nSPS) is 14.4. The Morgan fingerprint density at radius 2 is 1.95 bits per heavy atom. The highest BCUT2D eigenvalue weighted by Gasteiger charge is 2.18. The summed E-state index contributed by atoms with van der Waals surface area (Å²) in [6, 6.07) is 3.81. The van der Waals surface area contributed by atoms with Crippen molar-refractivity contribution in [1.29, 1.82) is 0 Å². The Kier molecular flexibility index (Phi) is 6.87. The second-order valence-electron chi connectivity index (χ2n) is 5.14. The van der Waals surface area contributed by atoms with E-state index in [9.17, 15) is 4.39 Å². The molecule has 1 rings (SSSR count). The summed E-state index contributed by atoms with van der Waals surface area (Å²) in [5.74, 6) is 0.845. The maximum atomic E-state index is 14.2. The van der Waals surface area contributed by atoms with Crippen LogP contribution in [0.3, 0.4) is 0 Å². The molecule has 108 valence electrons. The minimum absolute atomic E-state index is 0.0757. The molecule has 0 saturated carbocycles. The van der Waals surface area contributed by atoms with E-state index in [4.69, 9.17) is 0 Å². The molecule has 1 aromatic carbocycles. The van der Waals surface area contributed by atoms with Crippen LogP contribution in [0.15, 0.2) is 12.1 Å². The lowest BCUT2D eigenvalue weighted by atomic mass is 9.99. The van der Waals surface area contributed by atoms with Crippen molar-refractivity contribution in [2.45, 2.75) is 52.3 Å². The van der Waals surface area contributed by atoms with E-state index in [2.05, 4.69) is 32.2 Å². The average Bonchev–Trinajstić information content (AvgIpc) is 2.34. The first kappa shape index (κ1) is 16.5. The number of hydrogen-bond donors (Lipinski definition) is 1. The Bertz CT molecular complexity index is 383. The summed E-state index contributed by atoms with van der Waals surface area (Å²) in [7, 11) is 0. The fraction of sp³-hybridized carbons (Fsp3) is 0.625. The summed E-state index contributed by atoms with van der Waals surface area (Å²) in [5, 5.41) is 4.04. The standard InChI is InChI=1S/C16H26FNS/c1-6-13(5)19-10-15(18-7-2)16-12(4)8-11(3)9-14(16)17/h8-9,13,15,18H,6-7,10H2,1-5H3. The molecule has 19 heavy (non-hydrogen) atoms. The molecule has 2 atom stereocenters. The molecule has 0 radical (unpaired) electrons. The van der Waals surface area contributed by atoms with Crippen LogP contribution >= 0.6 is 11.8 Å². The van der Waals surface area contributed by atoms with Crippen LogP contribution in [-0.4, -0.2) is 17.5 Å². The number of hydrogen-bond acceptors (Lipinski definition) is 2. The molecule has 0 bridgehead atoms. The van der Waals surface area contributed by atoms with Crippen molar-refractivity contribution in [3.8, 4) is 0 Å². The SMILES string of the molecule is CCNC(CSC(C)CC)c1c(C)cc(C)cc1F. The molecule has 0 aliphatic rings. The maximum Gasteiger partial charge on any atom is 0.128 e. The first-order valence-electron chi connectivity index (χ1n) is 7.11. The minimum atomic E-state index is -0.0757. The summed E-state index contributed by atoms with van der Waals surface area (Å²) in [6.45, 7) is 11.3. The van der Waals surface area contributed by atoms with E-state index < -0.39 is 0 Å². The molecule has 0 saturated heterocycles. The van der Waals surface area contributed by atoms with Crippen molar-refractivity contribution in [1.82, 2.24) is 5.32 Å². The van der Waals surface area contributed by atoms with Gasteiger partial charge in [0.2, 0.25) is 0 Å². The van der Waals surface area contributed by atoms with Gasteiger partial charge in [0.1, 0.15) is 5.82 Å². The van der Waals surface area contributed by atoms with Gasteiger partial charge < -0.3 is 5.32 Å². The van der Waals surface area contributed by atoms with Gasteiger partial charge in [0.25, 0.3) is 0 Å². The van der Waals surface area contributed by atoms with E-state index in [1.807, 2.05) is 25.6 Å². The summed E-state index contributed by atoms with van der Waals surface area (Å²) in [6.07, 6.45) is 1.15. The number of thioether (sulfide) groups is 1. The molecule has 2 unspecified atom stereocenters. The molecule has 0 fully saturated rings. The van der Waals surface area contributed by atoms with Gasteiger partial charge in [-0.1, -0.05) is 26.8 Å². The van der Waals surface area contributed by atoms with Crippen LogP contribution < -0.4 is 5.32 Å². The third kappa shape index (κ3) is 4.81. The lowest BCUT2D eigenvalue weighted by Gasteiger charge is -2.22. The van der Waals surface area contributed by atoms with Crippen LogP contribution in [0.2, 0.25) is 0 Å². The van der Waals surface area contributed by atoms with Crippen molar-refractivity contribution >= 4 is 11.8 Å². The predicted octanol–water partition coefficient (Wildman–Crippen LogP) is 4.62. The van der Waals surface area contributed by atoms with Gasteiger partial charge in [-0.15, -0.1) is 0 Å². The zero-order valence-electron chi connectivity index (χ0n) is 12.7. The van der Waals surface area contributed by atoms with E-state index in [1.165, 1.54) is 0 Å².